The molecule has 0 radical (unpaired) electrons. The largest absolute Gasteiger partial charge is 0.378 e. The van der Waals surface area contributed by atoms with E-state index in [2.05, 4.69) is 20.8 Å². The van der Waals surface area contributed by atoms with Crippen molar-refractivity contribution in [2.45, 2.75) is 0 Å². The molecule has 0 saturated carbocycles. The van der Waals surface area contributed by atoms with E-state index in [-0.39, 0.29) is 11.6 Å². The van der Waals surface area contributed by atoms with Gasteiger partial charge in [-0.2, -0.15) is 5.10 Å². The van der Waals surface area contributed by atoms with E-state index in [0.717, 1.165) is 27.7 Å². The van der Waals surface area contributed by atoms with Crippen molar-refractivity contribution in [1.82, 2.24) is 15.7 Å². The van der Waals surface area contributed by atoms with Gasteiger partial charge in [0.15, 0.2) is 0 Å². The molecule has 34 heavy (non-hydrogen) atoms. The second-order valence-corrected chi connectivity index (χ2v) is 7.85. The van der Waals surface area contributed by atoms with E-state index in [4.69, 9.17) is 0 Å². The first-order chi connectivity index (χ1) is 16.5. The number of anilines is 1. The maximum Gasteiger partial charge on any atom is 0.287 e. The zero-order chi connectivity index (χ0) is 23.9. The molecule has 0 fully saturated rings. The Morgan fingerprint density at radius 3 is 2.35 bits per heavy atom. The average Bonchev–Trinajstić information content (AvgIpc) is 3.27. The predicted molar refractivity (Wildman–Crippen MR) is 137 cm³/mol. The lowest BCUT2D eigenvalue weighted by molar-refractivity contribution is -0.117. The molecule has 7 heteroatoms. The molecule has 4 rings (SSSR count). The molecule has 3 aromatic carbocycles. The summed E-state index contributed by atoms with van der Waals surface area (Å²) in [5.41, 5.74) is 6.67. The van der Waals surface area contributed by atoms with Crippen molar-refractivity contribution in [2.24, 2.45) is 5.10 Å². The summed E-state index contributed by atoms with van der Waals surface area (Å²) in [5, 5.41) is 7.81. The Bertz CT molecular complexity index is 1350. The topological polar surface area (TPSA) is 89.6 Å². The van der Waals surface area contributed by atoms with Crippen LogP contribution in [0.3, 0.4) is 0 Å². The number of hydrogen-bond donors (Lipinski definition) is 3. The molecule has 7 nitrogen and oxygen atoms in total. The number of aromatic amines is 1. The van der Waals surface area contributed by atoms with Crippen molar-refractivity contribution in [3.8, 4) is 0 Å². The highest BCUT2D eigenvalue weighted by molar-refractivity contribution is 6.06. The van der Waals surface area contributed by atoms with Crippen LogP contribution in [0.1, 0.15) is 21.5 Å². The average molecular weight is 452 g/mol. The molecule has 0 unspecified atom stereocenters. The van der Waals surface area contributed by atoms with E-state index in [1.54, 1.807) is 36.6 Å². The van der Waals surface area contributed by atoms with Gasteiger partial charge in [-0.15, -0.1) is 0 Å². The zero-order valence-corrected chi connectivity index (χ0v) is 18.9. The first-order valence-electron chi connectivity index (χ1n) is 10.8. The fraction of sp³-hybridized carbons (Fsp3) is 0.0741. The zero-order valence-electron chi connectivity index (χ0n) is 18.9. The highest BCUT2D eigenvalue weighted by Crippen LogP contribution is 2.16. The molecule has 4 aromatic rings. The van der Waals surface area contributed by atoms with Crippen molar-refractivity contribution >= 4 is 40.7 Å². The third-order valence-electron chi connectivity index (χ3n) is 5.24. The number of rotatable bonds is 7. The molecule has 0 spiro atoms. The predicted octanol–water partition coefficient (Wildman–Crippen LogP) is 4.16. The molecule has 1 aromatic heterocycles. The van der Waals surface area contributed by atoms with Crippen LogP contribution in [0.25, 0.3) is 17.0 Å². The minimum atomic E-state index is -0.531. The SMILES string of the molecule is CN(C)c1ccc(/C=C(\NC(=O)c2ccccc2)C(=O)N/N=C\c2c[nH]c3ccccc23)cc1. The van der Waals surface area contributed by atoms with Crippen molar-refractivity contribution in [2.75, 3.05) is 19.0 Å². The van der Waals surface area contributed by atoms with E-state index in [9.17, 15) is 9.59 Å². The van der Waals surface area contributed by atoms with Gasteiger partial charge in [0, 0.05) is 48.0 Å². The lowest BCUT2D eigenvalue weighted by Crippen LogP contribution is -2.32. The molecule has 2 amide bonds. The maximum atomic E-state index is 13.0. The van der Waals surface area contributed by atoms with Crippen LogP contribution < -0.4 is 15.6 Å². The van der Waals surface area contributed by atoms with Gasteiger partial charge in [-0.3, -0.25) is 9.59 Å². The number of amides is 2. The number of aromatic nitrogens is 1. The lowest BCUT2D eigenvalue weighted by Gasteiger charge is -2.12. The second kappa shape index (κ2) is 10.3. The number of carbonyl (C=O) groups excluding carboxylic acids is 2. The Hall–Kier alpha value is -4.65. The molecule has 0 saturated heterocycles. The molecule has 0 aliphatic heterocycles. The Morgan fingerprint density at radius 1 is 0.912 bits per heavy atom. The van der Waals surface area contributed by atoms with Crippen LogP contribution in [-0.4, -0.2) is 37.1 Å². The fourth-order valence-electron chi connectivity index (χ4n) is 3.40. The van der Waals surface area contributed by atoms with E-state index < -0.39 is 5.91 Å². The van der Waals surface area contributed by atoms with Crippen molar-refractivity contribution in [3.05, 3.63) is 107 Å². The van der Waals surface area contributed by atoms with Crippen LogP contribution in [0, 0.1) is 0 Å². The lowest BCUT2D eigenvalue weighted by atomic mass is 10.1. The summed E-state index contributed by atoms with van der Waals surface area (Å²) >= 11 is 0. The molecular formula is C27H25N5O2. The van der Waals surface area contributed by atoms with E-state index in [1.807, 2.05) is 79.8 Å². The molecule has 3 N–H and O–H groups in total. The summed E-state index contributed by atoms with van der Waals surface area (Å²) in [6, 6.07) is 24.2. The van der Waals surface area contributed by atoms with Crippen molar-refractivity contribution in [3.63, 3.8) is 0 Å². The van der Waals surface area contributed by atoms with Crippen LogP contribution in [0.5, 0.6) is 0 Å². The molecule has 1 heterocycles. The monoisotopic (exact) mass is 451 g/mol. The van der Waals surface area contributed by atoms with Gasteiger partial charge >= 0.3 is 0 Å². The quantitative estimate of drug-likeness (QED) is 0.224. The normalized spacial score (nSPS) is 11.5. The molecule has 0 aliphatic carbocycles. The number of benzene rings is 3. The van der Waals surface area contributed by atoms with Gasteiger partial charge in [0.05, 0.1) is 6.21 Å². The fourth-order valence-corrected chi connectivity index (χ4v) is 3.40. The number of H-pyrrole nitrogens is 1. The third kappa shape index (κ3) is 5.39. The van der Waals surface area contributed by atoms with E-state index in [1.165, 1.54) is 0 Å². The number of fused-ring (bicyclic) bond motifs is 1. The summed E-state index contributed by atoms with van der Waals surface area (Å²) in [4.78, 5) is 30.8. The summed E-state index contributed by atoms with van der Waals surface area (Å²) in [6.45, 7) is 0. The second-order valence-electron chi connectivity index (χ2n) is 7.85. The summed E-state index contributed by atoms with van der Waals surface area (Å²) in [5.74, 6) is -0.912. The number of hydrogen-bond acceptors (Lipinski definition) is 4. The Balaban J connectivity index is 1.55. The summed E-state index contributed by atoms with van der Waals surface area (Å²) < 4.78 is 0. The summed E-state index contributed by atoms with van der Waals surface area (Å²) in [7, 11) is 3.91. The van der Waals surface area contributed by atoms with E-state index in [0.29, 0.717) is 5.56 Å². The van der Waals surface area contributed by atoms with Gasteiger partial charge in [-0.25, -0.2) is 5.43 Å². The molecule has 0 atom stereocenters. The minimum absolute atomic E-state index is 0.0857. The highest BCUT2D eigenvalue weighted by Gasteiger charge is 2.14. The Kier molecular flexibility index (Phi) is 6.84. The van der Waals surface area contributed by atoms with Crippen LogP contribution in [0.2, 0.25) is 0 Å². The van der Waals surface area contributed by atoms with Crippen LogP contribution >= 0.6 is 0 Å². The van der Waals surface area contributed by atoms with Gasteiger partial charge in [-0.1, -0.05) is 48.5 Å². The van der Waals surface area contributed by atoms with Gasteiger partial charge in [-0.05, 0) is 42.0 Å². The van der Waals surface area contributed by atoms with Crippen LogP contribution in [0.15, 0.2) is 95.9 Å². The molecule has 170 valence electrons. The van der Waals surface area contributed by atoms with Gasteiger partial charge in [0.1, 0.15) is 5.70 Å². The van der Waals surface area contributed by atoms with Crippen LogP contribution in [0.4, 0.5) is 5.69 Å². The smallest absolute Gasteiger partial charge is 0.287 e. The highest BCUT2D eigenvalue weighted by atomic mass is 16.2. The van der Waals surface area contributed by atoms with Gasteiger partial charge in [0.25, 0.3) is 11.8 Å². The first kappa shape index (κ1) is 22.5. The number of carbonyl (C=O) groups is 2. The first-order valence-corrected chi connectivity index (χ1v) is 10.8. The molecule has 0 aliphatic rings. The van der Waals surface area contributed by atoms with Crippen molar-refractivity contribution in [1.29, 1.82) is 0 Å². The van der Waals surface area contributed by atoms with Gasteiger partial charge < -0.3 is 15.2 Å². The number of nitrogens with one attached hydrogen (secondary N) is 3. The molecule has 0 bridgehead atoms. The summed E-state index contributed by atoms with van der Waals surface area (Å²) in [6.07, 6.45) is 5.01. The standard InChI is InChI=1S/C27H25N5O2/c1-32(2)22-14-12-19(13-15-22)16-25(30-26(33)20-8-4-3-5-9-20)27(34)31-29-18-21-17-28-24-11-7-6-10-23(21)24/h3-18,28H,1-2H3,(H,30,33)(H,31,34)/b25-16-,29-18-. The molecular weight excluding hydrogens is 426 g/mol. The van der Waals surface area contributed by atoms with E-state index >= 15 is 0 Å². The Morgan fingerprint density at radius 2 is 1.62 bits per heavy atom. The van der Waals surface area contributed by atoms with Gasteiger partial charge in [0.2, 0.25) is 0 Å². The third-order valence-corrected chi connectivity index (χ3v) is 5.24. The van der Waals surface area contributed by atoms with Crippen LogP contribution in [-0.2, 0) is 4.79 Å². The Labute approximate surface area is 197 Å². The number of nitrogens with zero attached hydrogens (tertiary/aromatic N) is 2. The number of hydrazone groups is 1. The van der Waals surface area contributed by atoms with Crippen molar-refractivity contribution < 1.29 is 9.59 Å². The maximum absolute atomic E-state index is 13.0. The minimum Gasteiger partial charge on any atom is -0.378 e. The number of para-hydroxylation sites is 1.